The third-order valence-corrected chi connectivity index (χ3v) is 7.58. The first-order valence-corrected chi connectivity index (χ1v) is 12.7. The number of aromatic nitrogens is 1. The average Bonchev–Trinajstić information content (AvgIpc) is 3.48. The zero-order valence-electron chi connectivity index (χ0n) is 20.5. The predicted octanol–water partition coefficient (Wildman–Crippen LogP) is 2.90. The van der Waals surface area contributed by atoms with E-state index >= 15 is 0 Å². The van der Waals surface area contributed by atoms with Gasteiger partial charge in [0.1, 0.15) is 5.82 Å². The highest BCUT2D eigenvalue weighted by atomic mass is 16.5. The van der Waals surface area contributed by atoms with Crippen molar-refractivity contribution in [3.63, 3.8) is 0 Å². The second-order valence-corrected chi connectivity index (χ2v) is 10.0. The summed E-state index contributed by atoms with van der Waals surface area (Å²) in [5, 5.41) is 6.46. The molecular formula is C27H33N5O4. The van der Waals surface area contributed by atoms with Crippen molar-refractivity contribution in [2.75, 3.05) is 23.4 Å². The molecule has 3 saturated heterocycles. The van der Waals surface area contributed by atoms with Crippen LogP contribution in [0.5, 0.6) is 0 Å². The summed E-state index contributed by atoms with van der Waals surface area (Å²) in [6.45, 7) is 2.85. The Balaban J connectivity index is 1.24. The number of fused-ring (bicyclic) bond motifs is 2. The third-order valence-electron chi connectivity index (χ3n) is 7.58. The molecule has 0 saturated carbocycles. The Morgan fingerprint density at radius 2 is 1.83 bits per heavy atom. The summed E-state index contributed by atoms with van der Waals surface area (Å²) in [6.07, 6.45) is 7.51. The van der Waals surface area contributed by atoms with Gasteiger partial charge in [0.2, 0.25) is 0 Å². The number of primary amides is 1. The number of benzene rings is 1. The lowest BCUT2D eigenvalue weighted by atomic mass is 9.96. The number of rotatable bonds is 8. The van der Waals surface area contributed by atoms with Gasteiger partial charge in [-0.3, -0.25) is 14.4 Å². The summed E-state index contributed by atoms with van der Waals surface area (Å²) >= 11 is 0. The maximum absolute atomic E-state index is 13.2. The van der Waals surface area contributed by atoms with Crippen molar-refractivity contribution in [2.45, 2.75) is 69.7 Å². The van der Waals surface area contributed by atoms with Crippen molar-refractivity contribution in [3.05, 3.63) is 53.2 Å². The molecule has 2 aromatic rings. The third kappa shape index (κ3) is 5.06. The van der Waals surface area contributed by atoms with Gasteiger partial charge in [-0.15, -0.1) is 0 Å². The maximum Gasteiger partial charge on any atom is 0.251 e. The molecule has 2 amide bonds. The van der Waals surface area contributed by atoms with Crippen LogP contribution in [0.1, 0.15) is 76.5 Å². The van der Waals surface area contributed by atoms with Gasteiger partial charge in [-0.25, -0.2) is 4.98 Å². The Kier molecular flexibility index (Phi) is 6.91. The number of Topliss-reactive ketones (excluding diaryl/α,β-unsaturated/α-hetero) is 1. The van der Waals surface area contributed by atoms with Crippen molar-refractivity contribution in [1.82, 2.24) is 10.3 Å². The lowest BCUT2D eigenvalue weighted by Gasteiger charge is -2.40. The second-order valence-electron chi connectivity index (χ2n) is 10.0. The molecule has 3 aliphatic rings. The Morgan fingerprint density at radius 1 is 1.08 bits per heavy atom. The molecule has 0 spiro atoms. The molecule has 3 atom stereocenters. The highest BCUT2D eigenvalue weighted by Crippen LogP contribution is 2.38. The minimum atomic E-state index is -0.536. The average molecular weight is 492 g/mol. The van der Waals surface area contributed by atoms with Crippen LogP contribution >= 0.6 is 0 Å². The van der Waals surface area contributed by atoms with E-state index in [1.807, 2.05) is 12.1 Å². The van der Waals surface area contributed by atoms with E-state index < -0.39 is 5.91 Å². The zero-order valence-corrected chi connectivity index (χ0v) is 20.5. The number of hydrogen-bond donors (Lipinski definition) is 3. The Hall–Kier alpha value is -3.46. The van der Waals surface area contributed by atoms with E-state index in [9.17, 15) is 14.4 Å². The minimum absolute atomic E-state index is 0.00697. The van der Waals surface area contributed by atoms with Crippen LogP contribution in [0.2, 0.25) is 0 Å². The maximum atomic E-state index is 13.2. The fourth-order valence-electron chi connectivity index (χ4n) is 5.76. The van der Waals surface area contributed by atoms with Gasteiger partial charge in [0.05, 0.1) is 11.7 Å². The lowest BCUT2D eigenvalue weighted by molar-refractivity contribution is 0.0924. The predicted molar refractivity (Wildman–Crippen MR) is 136 cm³/mol. The molecule has 5 rings (SSSR count). The van der Waals surface area contributed by atoms with Gasteiger partial charge in [-0.05, 0) is 75.8 Å². The van der Waals surface area contributed by atoms with Crippen LogP contribution in [0.15, 0.2) is 36.5 Å². The van der Waals surface area contributed by atoms with Gasteiger partial charge in [0, 0.05) is 54.3 Å². The number of carbonyl (C=O) groups excluding carboxylic acids is 3. The van der Waals surface area contributed by atoms with E-state index in [-0.39, 0.29) is 23.8 Å². The minimum Gasteiger partial charge on any atom is -0.382 e. The van der Waals surface area contributed by atoms with Crippen molar-refractivity contribution in [1.29, 1.82) is 0 Å². The molecule has 36 heavy (non-hydrogen) atoms. The van der Waals surface area contributed by atoms with E-state index in [1.165, 1.54) is 0 Å². The van der Waals surface area contributed by atoms with Gasteiger partial charge in [0.25, 0.3) is 11.8 Å². The Labute approximate surface area is 210 Å². The number of hydrogen-bond acceptors (Lipinski definition) is 7. The van der Waals surface area contributed by atoms with Crippen LogP contribution in [0.25, 0.3) is 0 Å². The van der Waals surface area contributed by atoms with E-state index in [0.29, 0.717) is 41.0 Å². The van der Waals surface area contributed by atoms with Gasteiger partial charge >= 0.3 is 0 Å². The van der Waals surface area contributed by atoms with Crippen LogP contribution in [0.3, 0.4) is 0 Å². The Morgan fingerprint density at radius 3 is 2.44 bits per heavy atom. The van der Waals surface area contributed by atoms with E-state index in [0.717, 1.165) is 50.9 Å². The van der Waals surface area contributed by atoms with Crippen molar-refractivity contribution < 1.29 is 19.1 Å². The summed E-state index contributed by atoms with van der Waals surface area (Å²) in [7, 11) is 0. The van der Waals surface area contributed by atoms with Crippen LogP contribution < -0.4 is 21.3 Å². The molecular weight excluding hydrogens is 458 g/mol. The summed E-state index contributed by atoms with van der Waals surface area (Å²) in [5.41, 5.74) is 7.58. The van der Waals surface area contributed by atoms with Gasteiger partial charge < -0.3 is 26.0 Å². The van der Waals surface area contributed by atoms with Gasteiger partial charge in [-0.2, -0.15) is 0 Å². The number of amides is 2. The number of nitrogens with one attached hydrogen (secondary N) is 2. The largest absolute Gasteiger partial charge is 0.382 e. The highest BCUT2D eigenvalue weighted by Gasteiger charge is 2.41. The van der Waals surface area contributed by atoms with Crippen molar-refractivity contribution in [2.24, 2.45) is 5.73 Å². The summed E-state index contributed by atoms with van der Waals surface area (Å²) in [5.74, 6) is 0.201. The molecule has 190 valence electrons. The molecule has 1 aromatic carbocycles. The summed E-state index contributed by atoms with van der Waals surface area (Å²) in [6, 6.07) is 9.37. The summed E-state index contributed by atoms with van der Waals surface area (Å²) in [4.78, 5) is 43.5. The van der Waals surface area contributed by atoms with Crippen LogP contribution in [0.4, 0.5) is 11.5 Å². The summed E-state index contributed by atoms with van der Waals surface area (Å²) < 4.78 is 5.65. The van der Waals surface area contributed by atoms with Crippen molar-refractivity contribution in [3.8, 4) is 0 Å². The number of ketones is 1. The molecule has 3 unspecified atom stereocenters. The van der Waals surface area contributed by atoms with E-state index in [4.69, 9.17) is 10.5 Å². The molecule has 4 N–H and O–H groups in total. The SMILES string of the molecule is CC(=O)c1ccc(N2C3CCC2CC(NC(=O)c2ccc(C(N)=O)c(NCC4CCCO4)c2)C3)nc1. The van der Waals surface area contributed by atoms with Crippen LogP contribution in [-0.2, 0) is 4.74 Å². The number of piperidine rings is 1. The molecule has 2 bridgehead atoms. The smallest absolute Gasteiger partial charge is 0.251 e. The topological polar surface area (TPSA) is 127 Å². The first-order chi connectivity index (χ1) is 17.4. The van der Waals surface area contributed by atoms with E-state index in [1.54, 1.807) is 31.3 Å². The highest BCUT2D eigenvalue weighted by molar-refractivity contribution is 6.02. The number of ether oxygens (including phenoxy) is 1. The van der Waals surface area contributed by atoms with Crippen molar-refractivity contribution >= 4 is 29.1 Å². The fraction of sp³-hybridized carbons (Fsp3) is 0.481. The normalized spacial score (nSPS) is 25.0. The number of nitrogens with two attached hydrogens (primary N) is 1. The first kappa shape index (κ1) is 24.2. The second kappa shape index (κ2) is 10.3. The molecule has 3 aliphatic heterocycles. The molecule has 1 aromatic heterocycles. The molecule has 0 aliphatic carbocycles. The van der Waals surface area contributed by atoms with Gasteiger partial charge in [-0.1, -0.05) is 0 Å². The van der Waals surface area contributed by atoms with Gasteiger partial charge in [0.15, 0.2) is 5.78 Å². The standard InChI is InChI=1S/C27H33N5O4/c1-16(33)18-5-9-25(30-14-18)32-20-6-7-21(32)13-19(12-20)31-27(35)17-4-8-23(26(28)34)24(11-17)29-15-22-3-2-10-36-22/h4-5,8-9,11,14,19-22,29H,2-3,6-7,10,12-13,15H2,1H3,(H2,28,34)(H,31,35). The van der Waals surface area contributed by atoms with E-state index in [2.05, 4.69) is 20.5 Å². The Bertz CT molecular complexity index is 1130. The zero-order chi connectivity index (χ0) is 25.2. The monoisotopic (exact) mass is 491 g/mol. The van der Waals surface area contributed by atoms with Crippen LogP contribution in [-0.4, -0.2) is 60.0 Å². The number of nitrogens with zero attached hydrogens (tertiary/aromatic N) is 2. The molecule has 9 heteroatoms. The molecule has 9 nitrogen and oxygen atoms in total. The first-order valence-electron chi connectivity index (χ1n) is 12.7. The van der Waals surface area contributed by atoms with Crippen LogP contribution in [0, 0.1) is 0 Å². The quantitative estimate of drug-likeness (QED) is 0.485. The number of pyridine rings is 1. The molecule has 3 fully saturated rings. The number of carbonyl (C=O) groups is 3. The molecule has 0 radical (unpaired) electrons. The fourth-order valence-corrected chi connectivity index (χ4v) is 5.76. The lowest BCUT2D eigenvalue weighted by Crippen LogP contribution is -2.50. The molecule has 4 heterocycles. The number of anilines is 2.